The molecular weight excluding hydrogens is 446 g/mol. The van der Waals surface area contributed by atoms with E-state index in [2.05, 4.69) is 20.8 Å². The lowest BCUT2D eigenvalue weighted by atomic mass is 10.1. The second-order valence-electron chi connectivity index (χ2n) is 7.79. The Balaban J connectivity index is 1.42. The molecule has 0 aliphatic carbocycles. The van der Waals surface area contributed by atoms with Gasteiger partial charge in [-0.25, -0.2) is 9.97 Å². The fraction of sp³-hybridized carbons (Fsp3) is 0.0769. The third-order valence-corrected chi connectivity index (χ3v) is 6.60. The van der Waals surface area contributed by atoms with Crippen molar-refractivity contribution in [2.45, 2.75) is 17.5 Å². The summed E-state index contributed by atoms with van der Waals surface area (Å²) < 4.78 is 7.40. The van der Waals surface area contributed by atoms with Crippen LogP contribution in [0.3, 0.4) is 0 Å². The Morgan fingerprint density at radius 3 is 2.71 bits per heavy atom. The lowest BCUT2D eigenvalue weighted by Gasteiger charge is -2.10. The highest BCUT2D eigenvalue weighted by atomic mass is 32.2. The van der Waals surface area contributed by atoms with Crippen LogP contribution in [0.25, 0.3) is 27.6 Å². The molecule has 1 N–H and O–H groups in total. The third-order valence-electron chi connectivity index (χ3n) is 5.59. The average Bonchev–Trinajstić information content (AvgIpc) is 3.54. The van der Waals surface area contributed by atoms with Crippen molar-refractivity contribution in [3.05, 3.63) is 102 Å². The van der Waals surface area contributed by atoms with Crippen LogP contribution < -0.4 is 5.32 Å². The summed E-state index contributed by atoms with van der Waals surface area (Å²) in [5.41, 5.74) is 5.16. The molecule has 0 saturated heterocycles. The van der Waals surface area contributed by atoms with Gasteiger partial charge in [0.25, 0.3) is 5.91 Å². The molecule has 1 amide bonds. The Morgan fingerprint density at radius 2 is 1.85 bits per heavy atom. The third kappa shape index (κ3) is 3.78. The fourth-order valence-electron chi connectivity index (χ4n) is 3.91. The molecule has 6 aromatic rings. The van der Waals surface area contributed by atoms with Gasteiger partial charge in [-0.3, -0.25) is 14.2 Å². The van der Waals surface area contributed by atoms with E-state index in [-0.39, 0.29) is 5.91 Å². The summed E-state index contributed by atoms with van der Waals surface area (Å²) in [6.45, 7) is 0.328. The Labute approximate surface area is 198 Å². The molecule has 8 heteroatoms. The van der Waals surface area contributed by atoms with Crippen LogP contribution in [0.5, 0.6) is 0 Å². The van der Waals surface area contributed by atoms with Crippen LogP contribution in [-0.2, 0) is 12.3 Å². The predicted molar refractivity (Wildman–Crippen MR) is 132 cm³/mol. The van der Waals surface area contributed by atoms with Crippen LogP contribution in [0, 0.1) is 0 Å². The molecule has 0 bridgehead atoms. The highest BCUT2D eigenvalue weighted by molar-refractivity contribution is 7.98. The normalized spacial score (nSPS) is 11.4. The molecule has 166 valence electrons. The zero-order valence-electron chi connectivity index (χ0n) is 18.0. The number of carbonyl (C=O) groups excluding carboxylic acids is 1. The minimum atomic E-state index is -0.181. The largest absolute Gasteiger partial charge is 0.467 e. The van der Waals surface area contributed by atoms with Gasteiger partial charge >= 0.3 is 0 Å². The van der Waals surface area contributed by atoms with Crippen molar-refractivity contribution in [3.63, 3.8) is 0 Å². The van der Waals surface area contributed by atoms with Crippen molar-refractivity contribution in [1.29, 1.82) is 0 Å². The molecule has 0 aliphatic rings. The van der Waals surface area contributed by atoms with Crippen molar-refractivity contribution in [2.24, 2.45) is 0 Å². The SMILES string of the molecule is O=C(NCc1ccco1)c1ccc2c(c1)nc(SCc1ccncc1)n1c3ccccc3nc21. The number of thioether (sulfide) groups is 1. The van der Waals surface area contributed by atoms with Crippen LogP contribution in [-0.4, -0.2) is 25.3 Å². The summed E-state index contributed by atoms with van der Waals surface area (Å²) in [6, 6.07) is 21.2. The summed E-state index contributed by atoms with van der Waals surface area (Å²) in [4.78, 5) is 26.7. The zero-order chi connectivity index (χ0) is 22.9. The molecule has 0 aliphatic heterocycles. The molecule has 4 heterocycles. The monoisotopic (exact) mass is 465 g/mol. The van der Waals surface area contributed by atoms with Gasteiger partial charge in [-0.1, -0.05) is 23.9 Å². The van der Waals surface area contributed by atoms with Crippen molar-refractivity contribution in [1.82, 2.24) is 24.7 Å². The molecular formula is C26H19N5O2S. The van der Waals surface area contributed by atoms with Gasteiger partial charge in [0, 0.05) is 29.1 Å². The van der Waals surface area contributed by atoms with Crippen molar-refractivity contribution in [2.75, 3.05) is 0 Å². The molecule has 0 fully saturated rings. The van der Waals surface area contributed by atoms with E-state index in [0.717, 1.165) is 44.1 Å². The molecule has 0 saturated carbocycles. The first kappa shape index (κ1) is 20.4. The predicted octanol–water partition coefficient (Wildman–Crippen LogP) is 5.25. The molecule has 0 unspecified atom stereocenters. The molecule has 0 spiro atoms. The number of fused-ring (bicyclic) bond motifs is 5. The minimum absolute atomic E-state index is 0.181. The summed E-state index contributed by atoms with van der Waals surface area (Å²) >= 11 is 1.63. The molecule has 2 aromatic carbocycles. The van der Waals surface area contributed by atoms with Gasteiger partial charge < -0.3 is 9.73 Å². The quantitative estimate of drug-likeness (QED) is 0.267. The highest BCUT2D eigenvalue weighted by Gasteiger charge is 2.16. The van der Waals surface area contributed by atoms with E-state index in [1.165, 1.54) is 0 Å². The number of rotatable bonds is 6. The Bertz CT molecular complexity index is 1630. The highest BCUT2D eigenvalue weighted by Crippen LogP contribution is 2.31. The van der Waals surface area contributed by atoms with Gasteiger partial charge in [-0.15, -0.1) is 0 Å². The summed E-state index contributed by atoms with van der Waals surface area (Å²) in [5, 5.41) is 4.61. The first-order chi connectivity index (χ1) is 16.8. The number of para-hydroxylation sites is 2. The lowest BCUT2D eigenvalue weighted by Crippen LogP contribution is -2.22. The number of furan rings is 1. The standard InChI is InChI=1S/C26H19N5O2S/c32-25(28-15-19-4-3-13-33-19)18-7-8-20-22(14-18)30-26(34-16-17-9-11-27-12-10-17)31-23-6-2-1-5-21(23)29-24(20)31/h1-14H,15-16H2,(H,28,32). The fourth-order valence-corrected chi connectivity index (χ4v) is 4.88. The van der Waals surface area contributed by atoms with Gasteiger partial charge in [-0.2, -0.15) is 0 Å². The first-order valence-electron chi connectivity index (χ1n) is 10.8. The van der Waals surface area contributed by atoms with E-state index >= 15 is 0 Å². The van der Waals surface area contributed by atoms with Crippen LogP contribution in [0.4, 0.5) is 0 Å². The summed E-state index contributed by atoms with van der Waals surface area (Å²) in [6.07, 6.45) is 5.17. The van der Waals surface area contributed by atoms with Gasteiger partial charge in [-0.05, 0) is 60.2 Å². The number of pyridine rings is 1. The first-order valence-corrected chi connectivity index (χ1v) is 11.8. The molecule has 7 nitrogen and oxygen atoms in total. The Morgan fingerprint density at radius 1 is 0.971 bits per heavy atom. The minimum Gasteiger partial charge on any atom is -0.467 e. The van der Waals surface area contributed by atoms with E-state index in [9.17, 15) is 4.79 Å². The van der Waals surface area contributed by atoms with E-state index < -0.39 is 0 Å². The van der Waals surface area contributed by atoms with Crippen LogP contribution in [0.1, 0.15) is 21.7 Å². The number of nitrogens with one attached hydrogen (secondary N) is 1. The van der Waals surface area contributed by atoms with E-state index in [4.69, 9.17) is 14.4 Å². The molecule has 0 atom stereocenters. The summed E-state index contributed by atoms with van der Waals surface area (Å²) in [5.74, 6) is 1.26. The van der Waals surface area contributed by atoms with Crippen LogP contribution in [0.15, 0.2) is 95.0 Å². The number of carbonyl (C=O) groups is 1. The van der Waals surface area contributed by atoms with E-state index in [1.54, 1.807) is 36.5 Å². The lowest BCUT2D eigenvalue weighted by molar-refractivity contribution is 0.0948. The molecule has 4 aromatic heterocycles. The van der Waals surface area contributed by atoms with Crippen molar-refractivity contribution in [3.8, 4) is 0 Å². The number of benzene rings is 2. The Kier molecular flexibility index (Phi) is 5.20. The van der Waals surface area contributed by atoms with E-state index in [1.807, 2.05) is 54.6 Å². The van der Waals surface area contributed by atoms with Crippen LogP contribution >= 0.6 is 11.8 Å². The van der Waals surface area contributed by atoms with Crippen LogP contribution in [0.2, 0.25) is 0 Å². The maximum absolute atomic E-state index is 12.8. The van der Waals surface area contributed by atoms with Gasteiger partial charge in [0.05, 0.1) is 29.4 Å². The number of imidazole rings is 1. The van der Waals surface area contributed by atoms with Gasteiger partial charge in [0.15, 0.2) is 5.16 Å². The number of hydrogen-bond donors (Lipinski definition) is 1. The second kappa shape index (κ2) is 8.64. The molecule has 6 rings (SSSR count). The zero-order valence-corrected chi connectivity index (χ0v) is 18.8. The topological polar surface area (TPSA) is 85.3 Å². The van der Waals surface area contributed by atoms with E-state index in [0.29, 0.717) is 17.9 Å². The number of hydrogen-bond acceptors (Lipinski definition) is 6. The maximum Gasteiger partial charge on any atom is 0.251 e. The van der Waals surface area contributed by atoms with Crippen molar-refractivity contribution < 1.29 is 9.21 Å². The molecule has 0 radical (unpaired) electrons. The Hall–Kier alpha value is -4.17. The average molecular weight is 466 g/mol. The number of aromatic nitrogens is 4. The van der Waals surface area contributed by atoms with Crippen molar-refractivity contribution >= 4 is 45.3 Å². The maximum atomic E-state index is 12.8. The van der Waals surface area contributed by atoms with Gasteiger partial charge in [0.1, 0.15) is 11.4 Å². The summed E-state index contributed by atoms with van der Waals surface area (Å²) in [7, 11) is 0. The molecule has 34 heavy (non-hydrogen) atoms. The van der Waals surface area contributed by atoms with Gasteiger partial charge in [0.2, 0.25) is 0 Å². The smallest absolute Gasteiger partial charge is 0.251 e. The number of amides is 1. The second-order valence-corrected chi connectivity index (χ2v) is 8.73. The number of nitrogens with zero attached hydrogens (tertiary/aromatic N) is 4.